The molecule has 3 heterocycles. The molecule has 4 atom stereocenters. The van der Waals surface area contributed by atoms with Crippen LogP contribution in [0.5, 0.6) is 0 Å². The summed E-state index contributed by atoms with van der Waals surface area (Å²) in [5.74, 6) is -1.72. The van der Waals surface area contributed by atoms with Gasteiger partial charge in [-0.25, -0.2) is 15.0 Å². The molecule has 0 radical (unpaired) electrons. The van der Waals surface area contributed by atoms with Gasteiger partial charge in [-0.1, -0.05) is 24.3 Å². The van der Waals surface area contributed by atoms with Crippen LogP contribution in [0.15, 0.2) is 36.9 Å². The number of hydrogen-bond acceptors (Lipinski definition) is 10. The summed E-state index contributed by atoms with van der Waals surface area (Å²) in [5.41, 5.74) is 3.51. The van der Waals surface area contributed by atoms with Gasteiger partial charge in [-0.15, -0.1) is 0 Å². The van der Waals surface area contributed by atoms with Gasteiger partial charge >= 0.3 is 17.9 Å². The number of imidazole rings is 1. The highest BCUT2D eigenvalue weighted by Crippen LogP contribution is 2.37. The summed E-state index contributed by atoms with van der Waals surface area (Å²) in [6, 6.07) is 7.76. The van der Waals surface area contributed by atoms with E-state index in [0.29, 0.717) is 16.9 Å². The van der Waals surface area contributed by atoms with Gasteiger partial charge in [0.15, 0.2) is 24.1 Å². The summed E-state index contributed by atoms with van der Waals surface area (Å²) in [5, 5.41) is 0. The summed E-state index contributed by atoms with van der Waals surface area (Å²) in [6.07, 6.45) is -0.952. The number of carbonyl (C=O) groups is 3. The normalized spacial score (nSPS) is 21.9. The molecule has 2 aromatic heterocycles. The van der Waals surface area contributed by atoms with Gasteiger partial charge in [-0.05, 0) is 12.5 Å². The first-order valence-electron chi connectivity index (χ1n) is 10.6. The first kappa shape index (κ1) is 23.3. The molecule has 1 saturated heterocycles. The third-order valence-electron chi connectivity index (χ3n) is 5.37. The van der Waals surface area contributed by atoms with Crippen LogP contribution in [-0.2, 0) is 33.3 Å². The summed E-state index contributed by atoms with van der Waals surface area (Å²) < 4.78 is 23.7. The number of ether oxygens (including phenoxy) is 4. The quantitative estimate of drug-likeness (QED) is 0.391. The van der Waals surface area contributed by atoms with Gasteiger partial charge < -0.3 is 18.9 Å². The number of hydrogen-bond donors (Lipinski definition) is 0. The second-order valence-electron chi connectivity index (χ2n) is 7.88. The lowest BCUT2D eigenvalue weighted by Crippen LogP contribution is -2.40. The maximum absolute atomic E-state index is 11.9. The van der Waals surface area contributed by atoms with E-state index in [-0.39, 0.29) is 6.61 Å². The van der Waals surface area contributed by atoms with Crippen molar-refractivity contribution >= 4 is 29.1 Å². The van der Waals surface area contributed by atoms with E-state index in [2.05, 4.69) is 15.0 Å². The summed E-state index contributed by atoms with van der Waals surface area (Å²) in [6.45, 7) is 5.50. The van der Waals surface area contributed by atoms with Crippen LogP contribution >= 0.6 is 0 Å². The Bertz CT molecular complexity index is 1240. The van der Waals surface area contributed by atoms with Crippen molar-refractivity contribution in [1.29, 1.82) is 0 Å². The highest BCUT2D eigenvalue weighted by atomic mass is 16.7. The molecule has 1 aliphatic heterocycles. The fraction of sp³-hybridized carbons (Fsp3) is 0.391. The Morgan fingerprint density at radius 1 is 0.971 bits per heavy atom. The Hall–Kier alpha value is -3.86. The van der Waals surface area contributed by atoms with Crippen LogP contribution in [0.25, 0.3) is 22.4 Å². The standard InChI is InChI=1S/C23H24N4O7/c1-12-7-5-6-8-16(12)18-19-22(25-10-24-18)27(11-26-19)23-21(33-15(4)30)20(32-14(3)29)17(34-23)9-31-13(2)28/h5-8,10-11,17,20-21,23H,9H2,1-4H3/t17-,20+,21-,23?/m0/s1. The van der Waals surface area contributed by atoms with Gasteiger partial charge in [0.25, 0.3) is 0 Å². The first-order chi connectivity index (χ1) is 16.3. The zero-order chi connectivity index (χ0) is 24.4. The van der Waals surface area contributed by atoms with E-state index in [1.54, 1.807) is 4.57 Å². The summed E-state index contributed by atoms with van der Waals surface area (Å²) >= 11 is 0. The van der Waals surface area contributed by atoms with Gasteiger partial charge in [0, 0.05) is 26.3 Å². The number of rotatable bonds is 6. The Morgan fingerprint density at radius 2 is 1.68 bits per heavy atom. The minimum absolute atomic E-state index is 0.197. The number of carbonyl (C=O) groups excluding carboxylic acids is 3. The second kappa shape index (κ2) is 9.56. The fourth-order valence-corrected chi connectivity index (χ4v) is 3.99. The predicted octanol–water partition coefficient (Wildman–Crippen LogP) is 2.13. The molecule has 1 aliphatic rings. The average molecular weight is 468 g/mol. The molecule has 4 rings (SSSR count). The Morgan fingerprint density at radius 3 is 2.35 bits per heavy atom. The largest absolute Gasteiger partial charge is 0.463 e. The molecule has 3 aromatic rings. The number of benzene rings is 1. The molecule has 11 nitrogen and oxygen atoms in total. The van der Waals surface area contributed by atoms with E-state index in [4.69, 9.17) is 18.9 Å². The molecular formula is C23H24N4O7. The van der Waals surface area contributed by atoms with Crippen molar-refractivity contribution in [3.63, 3.8) is 0 Å². The highest BCUT2D eigenvalue weighted by molar-refractivity contribution is 5.88. The molecule has 0 aliphatic carbocycles. The monoisotopic (exact) mass is 468 g/mol. The van der Waals surface area contributed by atoms with Crippen molar-refractivity contribution in [2.24, 2.45) is 0 Å². The molecule has 34 heavy (non-hydrogen) atoms. The molecule has 1 unspecified atom stereocenters. The molecule has 0 saturated carbocycles. The van der Waals surface area contributed by atoms with E-state index >= 15 is 0 Å². The van der Waals surface area contributed by atoms with Crippen molar-refractivity contribution in [3.05, 3.63) is 42.5 Å². The molecule has 1 aromatic carbocycles. The number of esters is 3. The van der Waals surface area contributed by atoms with Gasteiger partial charge in [0.1, 0.15) is 30.2 Å². The molecule has 178 valence electrons. The van der Waals surface area contributed by atoms with Crippen molar-refractivity contribution in [3.8, 4) is 11.3 Å². The zero-order valence-corrected chi connectivity index (χ0v) is 19.1. The summed E-state index contributed by atoms with van der Waals surface area (Å²) in [7, 11) is 0. The van der Waals surface area contributed by atoms with Crippen LogP contribution in [0.1, 0.15) is 32.6 Å². The molecule has 0 bridgehead atoms. The van der Waals surface area contributed by atoms with Crippen LogP contribution in [-0.4, -0.2) is 62.3 Å². The predicted molar refractivity (Wildman–Crippen MR) is 117 cm³/mol. The maximum Gasteiger partial charge on any atom is 0.303 e. The van der Waals surface area contributed by atoms with Crippen molar-refractivity contribution in [2.75, 3.05) is 6.61 Å². The number of aryl methyl sites for hydroxylation is 1. The number of fused-ring (bicyclic) bond motifs is 1. The van der Waals surface area contributed by atoms with E-state index in [0.717, 1.165) is 11.1 Å². The lowest BCUT2D eigenvalue weighted by Gasteiger charge is -2.23. The van der Waals surface area contributed by atoms with Crippen molar-refractivity contribution < 1.29 is 33.3 Å². The molecule has 0 amide bonds. The minimum atomic E-state index is -1.03. The van der Waals surface area contributed by atoms with Crippen molar-refractivity contribution in [2.45, 2.75) is 52.2 Å². The van der Waals surface area contributed by atoms with Gasteiger partial charge in [-0.3, -0.25) is 19.0 Å². The molecular weight excluding hydrogens is 444 g/mol. The molecule has 1 fully saturated rings. The van der Waals surface area contributed by atoms with Crippen LogP contribution in [0.2, 0.25) is 0 Å². The first-order valence-corrected chi connectivity index (χ1v) is 10.6. The lowest BCUT2D eigenvalue weighted by atomic mass is 10.1. The van der Waals surface area contributed by atoms with E-state index in [1.165, 1.54) is 33.4 Å². The maximum atomic E-state index is 11.9. The van der Waals surface area contributed by atoms with E-state index in [9.17, 15) is 14.4 Å². The Kier molecular flexibility index (Phi) is 6.55. The Balaban J connectivity index is 1.78. The third-order valence-corrected chi connectivity index (χ3v) is 5.37. The fourth-order valence-electron chi connectivity index (χ4n) is 3.99. The molecule has 0 spiro atoms. The smallest absolute Gasteiger partial charge is 0.303 e. The van der Waals surface area contributed by atoms with Crippen LogP contribution in [0, 0.1) is 6.92 Å². The highest BCUT2D eigenvalue weighted by Gasteiger charge is 2.51. The second-order valence-corrected chi connectivity index (χ2v) is 7.88. The Labute approximate surface area is 195 Å². The molecule has 0 N–H and O–H groups in total. The SMILES string of the molecule is CC(=O)OC[C@@H]1OC(n2cnc3c(-c4ccccc4C)ncnc32)[C@@H](OC(C)=O)[C@@H]1OC(C)=O. The van der Waals surface area contributed by atoms with Gasteiger partial charge in [0.2, 0.25) is 0 Å². The molecule has 11 heteroatoms. The van der Waals surface area contributed by atoms with Gasteiger partial charge in [0.05, 0.1) is 6.33 Å². The van der Waals surface area contributed by atoms with Crippen LogP contribution in [0.3, 0.4) is 0 Å². The number of aromatic nitrogens is 4. The van der Waals surface area contributed by atoms with Crippen LogP contribution < -0.4 is 0 Å². The topological polar surface area (TPSA) is 132 Å². The minimum Gasteiger partial charge on any atom is -0.463 e. The van der Waals surface area contributed by atoms with Gasteiger partial charge in [-0.2, -0.15) is 0 Å². The van der Waals surface area contributed by atoms with E-state index < -0.39 is 42.4 Å². The van der Waals surface area contributed by atoms with E-state index in [1.807, 2.05) is 31.2 Å². The number of nitrogens with zero attached hydrogens (tertiary/aromatic N) is 4. The van der Waals surface area contributed by atoms with Crippen molar-refractivity contribution in [1.82, 2.24) is 19.5 Å². The van der Waals surface area contributed by atoms with Crippen LogP contribution in [0.4, 0.5) is 0 Å². The summed E-state index contributed by atoms with van der Waals surface area (Å²) in [4.78, 5) is 48.4. The lowest BCUT2D eigenvalue weighted by molar-refractivity contribution is -0.166. The third kappa shape index (κ3) is 4.60. The average Bonchev–Trinajstić information content (AvgIpc) is 3.34. The zero-order valence-electron chi connectivity index (χ0n) is 19.1.